The van der Waals surface area contributed by atoms with Crippen LogP contribution in [0.1, 0.15) is 41.5 Å². The van der Waals surface area contributed by atoms with Gasteiger partial charge in [-0.15, -0.1) is 0 Å². The van der Waals surface area contributed by atoms with Crippen molar-refractivity contribution < 1.29 is 18.5 Å². The first kappa shape index (κ1) is 14.1. The third-order valence-corrected chi connectivity index (χ3v) is 2.28. The van der Waals surface area contributed by atoms with E-state index in [1.807, 2.05) is 20.8 Å². The van der Waals surface area contributed by atoms with Crippen LogP contribution < -0.4 is 0 Å². The van der Waals surface area contributed by atoms with Gasteiger partial charge in [0.15, 0.2) is 0 Å². The van der Waals surface area contributed by atoms with Gasteiger partial charge in [-0.2, -0.15) is 0 Å². The molecule has 1 unspecified atom stereocenters. The first-order valence-corrected chi connectivity index (χ1v) is 6.09. The van der Waals surface area contributed by atoms with Crippen molar-refractivity contribution >= 4 is 7.82 Å². The highest BCUT2D eigenvalue weighted by molar-refractivity contribution is 7.47. The molecule has 0 aromatic carbocycles. The topological polar surface area (TPSA) is 55.8 Å². The zero-order valence-corrected chi connectivity index (χ0v) is 10.7. The second kappa shape index (κ2) is 4.31. The minimum Gasteiger partial charge on any atom is -0.302 e. The predicted molar refractivity (Wildman–Crippen MR) is 56.1 cm³/mol. The average molecular weight is 224 g/mol. The second-order valence-corrected chi connectivity index (χ2v) is 6.88. The van der Waals surface area contributed by atoms with Crippen LogP contribution in [0, 0.1) is 5.41 Å². The van der Waals surface area contributed by atoms with E-state index >= 15 is 0 Å². The van der Waals surface area contributed by atoms with Gasteiger partial charge < -0.3 is 4.89 Å². The molecule has 5 heteroatoms. The van der Waals surface area contributed by atoms with Gasteiger partial charge in [0, 0.05) is 0 Å². The van der Waals surface area contributed by atoms with Gasteiger partial charge in [0.05, 0.1) is 12.2 Å². The highest BCUT2D eigenvalue weighted by atomic mass is 31.2. The van der Waals surface area contributed by atoms with Gasteiger partial charge in [-0.05, 0) is 26.2 Å². The fraction of sp³-hybridized carbons (Fsp3) is 1.00. The Labute approximate surface area is 86.2 Å². The molecule has 14 heavy (non-hydrogen) atoms. The van der Waals surface area contributed by atoms with Gasteiger partial charge in [0.1, 0.15) is 0 Å². The molecule has 0 saturated carbocycles. The lowest BCUT2D eigenvalue weighted by atomic mass is 9.99. The van der Waals surface area contributed by atoms with Gasteiger partial charge >= 0.3 is 7.82 Å². The minimum atomic E-state index is -3.91. The zero-order valence-electron chi connectivity index (χ0n) is 9.83. The van der Waals surface area contributed by atoms with E-state index in [1.54, 1.807) is 20.8 Å². The second-order valence-electron chi connectivity index (χ2n) is 5.51. The summed E-state index contributed by atoms with van der Waals surface area (Å²) in [6.45, 7) is 11.1. The van der Waals surface area contributed by atoms with Crippen molar-refractivity contribution in [2.24, 2.45) is 5.41 Å². The molecule has 0 fully saturated rings. The summed E-state index contributed by atoms with van der Waals surface area (Å²) in [7, 11) is -3.91. The average Bonchev–Trinajstić information content (AvgIpc) is 1.76. The Kier molecular flexibility index (Phi) is 4.35. The predicted octanol–water partition coefficient (Wildman–Crippen LogP) is 2.96. The standard InChI is InChI=1S/C9H21O4P/c1-8(2,3)7-12-14(10,11)13-9(4,5)6/h7H2,1-6H3,(H,10,11). The molecular formula is C9H21O4P. The fourth-order valence-electron chi connectivity index (χ4n) is 0.648. The summed E-state index contributed by atoms with van der Waals surface area (Å²) in [5, 5.41) is 0. The van der Waals surface area contributed by atoms with Crippen molar-refractivity contribution in [3.8, 4) is 0 Å². The fourth-order valence-corrected chi connectivity index (χ4v) is 1.94. The van der Waals surface area contributed by atoms with Gasteiger partial charge in [0.25, 0.3) is 0 Å². The van der Waals surface area contributed by atoms with Crippen molar-refractivity contribution in [3.05, 3.63) is 0 Å². The molecular weight excluding hydrogens is 203 g/mol. The zero-order chi connectivity index (χ0) is 11.6. The number of hydrogen-bond acceptors (Lipinski definition) is 3. The van der Waals surface area contributed by atoms with E-state index in [2.05, 4.69) is 0 Å². The molecule has 0 bridgehead atoms. The summed E-state index contributed by atoms with van der Waals surface area (Å²) < 4.78 is 21.2. The van der Waals surface area contributed by atoms with E-state index in [0.717, 1.165) is 0 Å². The maximum atomic E-state index is 11.4. The van der Waals surface area contributed by atoms with Crippen LogP contribution in [-0.4, -0.2) is 17.1 Å². The maximum Gasteiger partial charge on any atom is 0.472 e. The van der Waals surface area contributed by atoms with Crippen molar-refractivity contribution in [3.63, 3.8) is 0 Å². The SMILES string of the molecule is CC(C)(C)COP(=O)(O)OC(C)(C)C. The smallest absolute Gasteiger partial charge is 0.302 e. The molecule has 0 radical (unpaired) electrons. The Balaban J connectivity index is 4.17. The molecule has 1 N–H and O–H groups in total. The van der Waals surface area contributed by atoms with Crippen LogP contribution >= 0.6 is 7.82 Å². The first-order valence-electron chi connectivity index (χ1n) is 4.59. The normalized spacial score (nSPS) is 17.9. The summed E-state index contributed by atoms with van der Waals surface area (Å²) in [5.41, 5.74) is -0.832. The Morgan fingerprint density at radius 3 is 1.86 bits per heavy atom. The van der Waals surface area contributed by atoms with Crippen LogP contribution in [-0.2, 0) is 13.6 Å². The Morgan fingerprint density at radius 2 is 1.57 bits per heavy atom. The molecule has 0 saturated heterocycles. The lowest BCUT2D eigenvalue weighted by Gasteiger charge is -2.25. The highest BCUT2D eigenvalue weighted by Crippen LogP contribution is 2.48. The lowest BCUT2D eigenvalue weighted by Crippen LogP contribution is -2.20. The van der Waals surface area contributed by atoms with Gasteiger partial charge in [-0.3, -0.25) is 9.05 Å². The molecule has 0 amide bonds. The van der Waals surface area contributed by atoms with Crippen molar-refractivity contribution in [2.75, 3.05) is 6.61 Å². The number of phosphoric acid groups is 1. The van der Waals surface area contributed by atoms with Gasteiger partial charge in [-0.1, -0.05) is 20.8 Å². The van der Waals surface area contributed by atoms with E-state index in [0.29, 0.717) is 0 Å². The van der Waals surface area contributed by atoms with Gasteiger partial charge in [-0.25, -0.2) is 4.57 Å². The van der Waals surface area contributed by atoms with Crippen molar-refractivity contribution in [2.45, 2.75) is 47.1 Å². The first-order chi connectivity index (χ1) is 5.91. The van der Waals surface area contributed by atoms with E-state index < -0.39 is 13.4 Å². The Hall–Kier alpha value is 0.110. The number of hydrogen-bond donors (Lipinski definition) is 1. The van der Waals surface area contributed by atoms with E-state index in [-0.39, 0.29) is 12.0 Å². The van der Waals surface area contributed by atoms with Crippen LogP contribution in [0.15, 0.2) is 0 Å². The third-order valence-electron chi connectivity index (χ3n) is 1.05. The van der Waals surface area contributed by atoms with Gasteiger partial charge in [0.2, 0.25) is 0 Å². The molecule has 1 atom stereocenters. The summed E-state index contributed by atoms with van der Waals surface area (Å²) in [6.07, 6.45) is 0. The summed E-state index contributed by atoms with van der Waals surface area (Å²) in [4.78, 5) is 9.32. The molecule has 0 aromatic heterocycles. The summed E-state index contributed by atoms with van der Waals surface area (Å²) in [6, 6.07) is 0. The van der Waals surface area contributed by atoms with Crippen LogP contribution in [0.2, 0.25) is 0 Å². The molecule has 0 aliphatic heterocycles. The van der Waals surface area contributed by atoms with Crippen molar-refractivity contribution in [1.29, 1.82) is 0 Å². The number of phosphoric ester groups is 1. The van der Waals surface area contributed by atoms with Crippen LogP contribution in [0.3, 0.4) is 0 Å². The molecule has 0 aromatic rings. The summed E-state index contributed by atoms with van der Waals surface area (Å²) >= 11 is 0. The van der Waals surface area contributed by atoms with E-state index in [1.165, 1.54) is 0 Å². The lowest BCUT2D eigenvalue weighted by molar-refractivity contribution is 0.0476. The monoisotopic (exact) mass is 224 g/mol. The van der Waals surface area contributed by atoms with E-state index in [9.17, 15) is 9.46 Å². The highest BCUT2D eigenvalue weighted by Gasteiger charge is 2.30. The Bertz CT molecular complexity index is 224. The molecule has 0 aliphatic rings. The molecule has 0 spiro atoms. The van der Waals surface area contributed by atoms with Crippen LogP contribution in [0.4, 0.5) is 0 Å². The molecule has 0 aliphatic carbocycles. The van der Waals surface area contributed by atoms with Crippen LogP contribution in [0.25, 0.3) is 0 Å². The maximum absolute atomic E-state index is 11.4. The molecule has 0 heterocycles. The third kappa shape index (κ3) is 8.70. The molecule has 86 valence electrons. The Morgan fingerprint density at radius 1 is 1.14 bits per heavy atom. The minimum absolute atomic E-state index is 0.153. The quantitative estimate of drug-likeness (QED) is 0.749. The van der Waals surface area contributed by atoms with E-state index in [4.69, 9.17) is 9.05 Å². The van der Waals surface area contributed by atoms with Crippen LogP contribution in [0.5, 0.6) is 0 Å². The largest absolute Gasteiger partial charge is 0.472 e. The summed E-state index contributed by atoms with van der Waals surface area (Å²) in [5.74, 6) is 0. The molecule has 4 nitrogen and oxygen atoms in total. The molecule has 0 rings (SSSR count). The number of rotatable bonds is 3. The van der Waals surface area contributed by atoms with Crippen molar-refractivity contribution in [1.82, 2.24) is 0 Å².